The summed E-state index contributed by atoms with van der Waals surface area (Å²) in [5.41, 5.74) is 28.5. The minimum Gasteiger partial charge on any atom is -0.398 e. The topological polar surface area (TPSA) is 205 Å². The Morgan fingerprint density at radius 3 is 2.03 bits per heavy atom. The predicted octanol–water partition coefficient (Wildman–Crippen LogP) is 9.40. The van der Waals surface area contributed by atoms with Gasteiger partial charge in [0.2, 0.25) is 5.91 Å². The number of rotatable bonds is 12. The number of nitrogens with one attached hydrogen (secondary N) is 2. The van der Waals surface area contributed by atoms with Crippen molar-refractivity contribution in [2.45, 2.75) is 145 Å². The van der Waals surface area contributed by atoms with Crippen molar-refractivity contribution in [1.29, 1.82) is 0 Å². The molecule has 2 atom stereocenters. The van der Waals surface area contributed by atoms with Gasteiger partial charge in [0.15, 0.2) is 0 Å². The Kier molecular flexibility index (Phi) is 26.7. The molecule has 5 heterocycles. The molecule has 2 aliphatic carbocycles. The average molecular weight is 1090 g/mol. The summed E-state index contributed by atoms with van der Waals surface area (Å²) in [6.07, 6.45) is 20.8. The molecule has 4 fully saturated rings. The van der Waals surface area contributed by atoms with Crippen molar-refractivity contribution in [1.82, 2.24) is 40.3 Å². The molecule has 15 nitrogen and oxygen atoms in total. The Balaban J connectivity index is 0.000000238. The number of nitrogens with zero attached hydrogens (tertiary/aromatic N) is 7. The molecule has 16 heteroatoms. The van der Waals surface area contributed by atoms with Gasteiger partial charge in [-0.05, 0) is 126 Å². The Morgan fingerprint density at radius 2 is 1.50 bits per heavy atom. The van der Waals surface area contributed by atoms with Crippen molar-refractivity contribution in [2.75, 3.05) is 64.8 Å². The summed E-state index contributed by atoms with van der Waals surface area (Å²) >= 11 is 1.70. The van der Waals surface area contributed by atoms with Gasteiger partial charge in [0.1, 0.15) is 24.2 Å². The van der Waals surface area contributed by atoms with E-state index in [1.807, 2.05) is 132 Å². The van der Waals surface area contributed by atoms with Crippen LogP contribution in [0.3, 0.4) is 0 Å². The maximum Gasteiger partial charge on any atom is 0.223 e. The Morgan fingerprint density at radius 1 is 0.846 bits per heavy atom. The molecule has 4 aromatic rings. The Bertz CT molecular complexity index is 2510. The van der Waals surface area contributed by atoms with Crippen LogP contribution in [0.2, 0.25) is 0 Å². The summed E-state index contributed by atoms with van der Waals surface area (Å²) in [5, 5.41) is 6.10. The molecule has 428 valence electrons. The number of amides is 1. The third kappa shape index (κ3) is 18.9. The van der Waals surface area contributed by atoms with Crippen LogP contribution in [0.4, 0.5) is 5.69 Å². The fourth-order valence-electron chi connectivity index (χ4n) is 10.5. The van der Waals surface area contributed by atoms with Crippen LogP contribution in [0.15, 0.2) is 96.2 Å². The molecular weight excluding hydrogens is 993 g/mol. The fraction of sp³-hybridized carbons (Fsp3) is 0.548. The van der Waals surface area contributed by atoms with Gasteiger partial charge in [0.25, 0.3) is 0 Å². The largest absolute Gasteiger partial charge is 0.398 e. The monoisotopic (exact) mass is 1090 g/mol. The SMILES string of the molecule is CC.CC.CN1CCCC1C=O.CNCc1ccc(-c2scnc2C)cc1.Cc1ccccc1/C(N)=C/C(=C(N)N)N1CC=CCCC1.Cc1ncc(N2CCN(C3CC4(CC(C(=O)NC(C=O)C(C)(C)C)C4)C3)CC2)cn1. The van der Waals surface area contributed by atoms with Crippen molar-refractivity contribution >= 4 is 41.2 Å². The fourth-order valence-corrected chi connectivity index (χ4v) is 11.3. The van der Waals surface area contributed by atoms with E-state index >= 15 is 0 Å². The number of carbonyl (C=O) groups excluding carboxylic acids is 3. The molecule has 2 saturated carbocycles. The first-order valence-electron chi connectivity index (χ1n) is 28.4. The highest BCUT2D eigenvalue weighted by Crippen LogP contribution is 2.60. The lowest BCUT2D eigenvalue weighted by molar-refractivity contribution is -0.145. The lowest BCUT2D eigenvalue weighted by atomic mass is 9.49. The second kappa shape index (κ2) is 32.2. The van der Waals surface area contributed by atoms with E-state index in [4.69, 9.17) is 17.2 Å². The lowest BCUT2D eigenvalue weighted by Crippen LogP contribution is -2.62. The molecule has 1 spiro atoms. The van der Waals surface area contributed by atoms with Crippen LogP contribution in [0.25, 0.3) is 16.1 Å². The van der Waals surface area contributed by atoms with Crippen molar-refractivity contribution in [3.8, 4) is 10.4 Å². The van der Waals surface area contributed by atoms with Gasteiger partial charge in [-0.1, -0.05) is 109 Å². The van der Waals surface area contributed by atoms with Crippen molar-refractivity contribution in [3.05, 3.63) is 124 Å². The molecule has 2 aromatic carbocycles. The number of aryl methyl sites for hydroxylation is 3. The van der Waals surface area contributed by atoms with E-state index in [0.29, 0.717) is 23.0 Å². The summed E-state index contributed by atoms with van der Waals surface area (Å²) in [6, 6.07) is 17.1. The van der Waals surface area contributed by atoms with Gasteiger partial charge < -0.3 is 47.2 Å². The van der Waals surface area contributed by atoms with Crippen molar-refractivity contribution in [2.24, 2.45) is 33.9 Å². The number of hydrogen-bond acceptors (Lipinski definition) is 15. The van der Waals surface area contributed by atoms with Crippen LogP contribution in [-0.2, 0) is 20.9 Å². The summed E-state index contributed by atoms with van der Waals surface area (Å²) in [7, 11) is 3.95. The van der Waals surface area contributed by atoms with Crippen LogP contribution in [0, 0.1) is 37.5 Å². The van der Waals surface area contributed by atoms with Gasteiger partial charge in [-0.15, -0.1) is 11.3 Å². The van der Waals surface area contributed by atoms with E-state index in [1.165, 1.54) is 35.3 Å². The second-order valence-electron chi connectivity index (χ2n) is 21.8. The molecule has 5 aliphatic rings. The summed E-state index contributed by atoms with van der Waals surface area (Å²) < 4.78 is 0. The van der Waals surface area contributed by atoms with Crippen LogP contribution in [0.1, 0.15) is 128 Å². The first kappa shape index (κ1) is 64.6. The number of carbonyl (C=O) groups is 3. The molecule has 2 aromatic heterocycles. The number of anilines is 1. The molecular formula is C62H96N12O3S. The van der Waals surface area contributed by atoms with E-state index in [2.05, 4.69) is 81.6 Å². The van der Waals surface area contributed by atoms with E-state index in [0.717, 1.165) is 131 Å². The number of benzene rings is 2. The van der Waals surface area contributed by atoms with Gasteiger partial charge in [0, 0.05) is 69.0 Å². The highest BCUT2D eigenvalue weighted by atomic mass is 32.1. The zero-order valence-corrected chi connectivity index (χ0v) is 50.2. The first-order valence-corrected chi connectivity index (χ1v) is 29.3. The second-order valence-corrected chi connectivity index (χ2v) is 22.7. The molecule has 3 aliphatic heterocycles. The van der Waals surface area contributed by atoms with Crippen LogP contribution >= 0.6 is 11.3 Å². The van der Waals surface area contributed by atoms with Crippen LogP contribution in [-0.4, -0.2) is 126 Å². The quantitative estimate of drug-likeness (QED) is 0.0510. The molecule has 8 N–H and O–H groups in total. The van der Waals surface area contributed by atoms with Crippen LogP contribution in [0.5, 0.6) is 0 Å². The van der Waals surface area contributed by atoms with Crippen molar-refractivity contribution in [3.63, 3.8) is 0 Å². The molecule has 2 unspecified atom stereocenters. The highest BCUT2D eigenvalue weighted by Gasteiger charge is 2.56. The summed E-state index contributed by atoms with van der Waals surface area (Å²) in [4.78, 5) is 57.5. The maximum atomic E-state index is 12.5. The molecule has 1 amide bonds. The zero-order chi connectivity index (χ0) is 57.4. The number of aromatic nitrogens is 3. The number of likely N-dealkylation sites (N-methyl/N-ethyl adjacent to an activating group) is 1. The molecule has 78 heavy (non-hydrogen) atoms. The number of hydrogen-bond donors (Lipinski definition) is 5. The standard InChI is InChI=1S/C23H35N5O2.C17H24N4.C12H14N2S.C6H11NO.2C2H6/c1-16-24-13-19(14-25-16)28-7-5-27(6-8-28)18-11-23(12-18)9-17(10-23)21(30)26-20(15-29)22(2,3)4;1-13-8-4-5-9-14(13)15(18)12-16(17(19)20)21-10-6-2-3-7-11-21;1-9-12(15-8-14-9)11-5-3-10(4-6-11)7-13-2;1-7-4-2-3-6(7)5-8;2*1-2/h13-15,17-18,20H,5-12H2,1-4H3,(H,26,30);2,4-6,8-9,12H,3,7,10-11,18-20H2,1H3;3-6,8,13H,7H2,1-2H3;5-6H,2-4H2,1H3;2*1-2H3/b;15-12-;;;;. The van der Waals surface area contributed by atoms with Gasteiger partial charge in [-0.3, -0.25) is 14.6 Å². The third-order valence-corrected chi connectivity index (χ3v) is 16.1. The van der Waals surface area contributed by atoms with Crippen molar-refractivity contribution < 1.29 is 14.4 Å². The molecule has 2 saturated heterocycles. The van der Waals surface area contributed by atoms with Gasteiger partial charge in [-0.2, -0.15) is 0 Å². The van der Waals surface area contributed by atoms with E-state index in [1.54, 1.807) is 11.3 Å². The number of aldehydes is 2. The smallest absolute Gasteiger partial charge is 0.223 e. The van der Waals surface area contributed by atoms with Gasteiger partial charge in [0.05, 0.1) is 51.9 Å². The number of thiazole rings is 1. The Labute approximate surface area is 472 Å². The maximum absolute atomic E-state index is 12.5. The minimum atomic E-state index is -0.411. The minimum absolute atomic E-state index is 0.0602. The number of allylic oxidation sites excluding steroid dienone is 2. The summed E-state index contributed by atoms with van der Waals surface area (Å²) in [6.45, 7) is 27.9. The molecule has 9 rings (SSSR count). The lowest BCUT2D eigenvalue weighted by Gasteiger charge is -2.60. The van der Waals surface area contributed by atoms with Crippen LogP contribution < -0.4 is 32.7 Å². The van der Waals surface area contributed by atoms with E-state index in [-0.39, 0.29) is 23.3 Å². The predicted molar refractivity (Wildman–Crippen MR) is 324 cm³/mol. The molecule has 0 radical (unpaired) electrons. The number of piperazine rings is 1. The highest BCUT2D eigenvalue weighted by molar-refractivity contribution is 7.13. The normalized spacial score (nSPS) is 21.2. The zero-order valence-electron chi connectivity index (χ0n) is 49.4. The molecule has 0 bridgehead atoms. The summed E-state index contributed by atoms with van der Waals surface area (Å²) in [5.74, 6) is 1.26. The van der Waals surface area contributed by atoms with E-state index in [9.17, 15) is 14.4 Å². The van der Waals surface area contributed by atoms with Gasteiger partial charge in [-0.25, -0.2) is 15.0 Å². The average Bonchev–Trinajstić information content (AvgIpc) is 3.97. The first-order chi connectivity index (χ1) is 37.4. The van der Waals surface area contributed by atoms with Gasteiger partial charge >= 0.3 is 0 Å². The third-order valence-electron chi connectivity index (χ3n) is 15.1. The van der Waals surface area contributed by atoms with E-state index < -0.39 is 6.04 Å². The number of nitrogens with two attached hydrogens (primary N) is 3. The Hall–Kier alpha value is -5.94. The number of likely N-dealkylation sites (tertiary alicyclic amines) is 1.